The van der Waals surface area contributed by atoms with Crippen molar-refractivity contribution in [2.75, 3.05) is 26.2 Å². The Hall–Kier alpha value is -1.70. The zero-order chi connectivity index (χ0) is 20.3. The summed E-state index contributed by atoms with van der Waals surface area (Å²) in [5.41, 5.74) is 2.87. The van der Waals surface area contributed by atoms with Gasteiger partial charge in [0, 0.05) is 13.4 Å². The summed E-state index contributed by atoms with van der Waals surface area (Å²) in [6.07, 6.45) is 0. The lowest BCUT2D eigenvalue weighted by Gasteiger charge is -2.29. The van der Waals surface area contributed by atoms with Gasteiger partial charge in [-0.25, -0.2) is 0 Å². The van der Waals surface area contributed by atoms with Crippen molar-refractivity contribution in [3.63, 3.8) is 0 Å². The lowest BCUT2D eigenvalue weighted by molar-refractivity contribution is 0.414. The van der Waals surface area contributed by atoms with Gasteiger partial charge in [-0.3, -0.25) is 0 Å². The van der Waals surface area contributed by atoms with Crippen LogP contribution in [0.15, 0.2) is 68.0 Å². The summed E-state index contributed by atoms with van der Waals surface area (Å²) in [5, 5.41) is 0. The molecule has 0 fully saturated rings. The van der Waals surface area contributed by atoms with Gasteiger partial charge in [-0.15, -0.1) is 0 Å². The first-order valence-electron chi connectivity index (χ1n) is 8.29. The number of benzene rings is 3. The number of hydrogen-bond acceptors (Lipinski definition) is 4. The molecule has 0 aromatic heterocycles. The van der Waals surface area contributed by atoms with E-state index in [0.29, 0.717) is 0 Å². The van der Waals surface area contributed by atoms with Crippen molar-refractivity contribution in [1.29, 1.82) is 0 Å². The molecule has 3 aromatic carbocycles. The Morgan fingerprint density at radius 2 is 0.821 bits per heavy atom. The molecule has 0 aliphatic rings. The second kappa shape index (κ2) is 9.20. The first-order valence-corrected chi connectivity index (χ1v) is 10.7. The molecule has 0 amide bonds. The van der Waals surface area contributed by atoms with Crippen LogP contribution < -0.4 is 19.1 Å². The maximum atomic E-state index is 5.35. The maximum absolute atomic E-state index is 5.35. The number of hydrogen-bond donors (Lipinski definition) is 0. The summed E-state index contributed by atoms with van der Waals surface area (Å²) in [4.78, 5) is 2.14. The summed E-state index contributed by atoms with van der Waals surface area (Å²) in [6.45, 7) is 0. The highest BCUT2D eigenvalue weighted by Gasteiger charge is 2.21. The van der Waals surface area contributed by atoms with Crippen molar-refractivity contribution < 1.29 is 14.2 Å². The van der Waals surface area contributed by atoms with Crippen LogP contribution in [0.25, 0.3) is 0 Å². The normalized spacial score (nSPS) is 10.5. The molecule has 0 bridgehead atoms. The highest BCUT2D eigenvalue weighted by molar-refractivity contribution is 9.11. The summed E-state index contributed by atoms with van der Waals surface area (Å²) < 4.78 is 18.7. The zero-order valence-corrected chi connectivity index (χ0v) is 20.3. The summed E-state index contributed by atoms with van der Waals surface area (Å²) >= 11 is 11.1. The molecule has 0 heterocycles. The van der Waals surface area contributed by atoms with Crippen LogP contribution in [-0.4, -0.2) is 21.3 Å². The molecule has 0 aliphatic carbocycles. The third-order valence-electron chi connectivity index (χ3n) is 4.19. The topological polar surface area (TPSA) is 30.9 Å². The van der Waals surface area contributed by atoms with Crippen molar-refractivity contribution in [2.24, 2.45) is 0 Å². The fourth-order valence-corrected chi connectivity index (χ4v) is 4.38. The van der Waals surface area contributed by atoms with Crippen molar-refractivity contribution in [3.05, 3.63) is 68.0 Å². The summed E-state index contributed by atoms with van der Waals surface area (Å²) in [7, 11) is 4.96. The van der Waals surface area contributed by atoms with Crippen LogP contribution in [0, 0.1) is 0 Å². The van der Waals surface area contributed by atoms with E-state index in [2.05, 4.69) is 52.7 Å². The van der Waals surface area contributed by atoms with Crippen LogP contribution in [0.3, 0.4) is 0 Å². The first-order chi connectivity index (χ1) is 13.5. The van der Waals surface area contributed by atoms with Crippen LogP contribution in [0.2, 0.25) is 0 Å². The van der Waals surface area contributed by atoms with E-state index >= 15 is 0 Å². The highest BCUT2D eigenvalue weighted by Crippen LogP contribution is 2.46. The Balaban J connectivity index is 2.23. The Kier molecular flexibility index (Phi) is 6.91. The Bertz CT molecular complexity index is 867. The number of rotatable bonds is 6. The average molecular weight is 572 g/mol. The zero-order valence-electron chi connectivity index (χ0n) is 15.5. The number of ether oxygens (including phenoxy) is 3. The standard InChI is InChI=1S/C21H18Br3NO3/c1-26-13-4-7-19(16(22)10-13)25(20-8-5-14(27-2)11-17(20)23)21-9-6-15(28-3)12-18(21)24/h4-12H,1-3H3. The van der Waals surface area contributed by atoms with Crippen molar-refractivity contribution >= 4 is 64.9 Å². The first kappa shape index (κ1) is 21.0. The van der Waals surface area contributed by atoms with E-state index in [1.807, 2.05) is 54.6 Å². The van der Waals surface area contributed by atoms with E-state index in [4.69, 9.17) is 14.2 Å². The third-order valence-corrected chi connectivity index (χ3v) is 6.09. The second-order valence-corrected chi connectivity index (χ2v) is 8.35. The van der Waals surface area contributed by atoms with E-state index in [0.717, 1.165) is 47.7 Å². The van der Waals surface area contributed by atoms with E-state index in [-0.39, 0.29) is 0 Å². The number of nitrogens with zero attached hydrogens (tertiary/aromatic N) is 1. The fourth-order valence-electron chi connectivity index (χ4n) is 2.78. The maximum Gasteiger partial charge on any atom is 0.120 e. The molecule has 0 saturated heterocycles. The van der Waals surface area contributed by atoms with Gasteiger partial charge < -0.3 is 19.1 Å². The third kappa shape index (κ3) is 4.31. The Labute approximate surface area is 189 Å². The number of anilines is 3. The minimum absolute atomic E-state index is 0.776. The molecule has 7 heteroatoms. The predicted octanol–water partition coefficient (Wildman–Crippen LogP) is 7.47. The molecule has 0 unspecified atom stereocenters. The van der Waals surface area contributed by atoms with Gasteiger partial charge in [-0.1, -0.05) is 0 Å². The SMILES string of the molecule is COc1ccc(N(c2ccc(OC)cc2Br)c2ccc(OC)cc2Br)c(Br)c1. The van der Waals surface area contributed by atoms with Gasteiger partial charge in [0.25, 0.3) is 0 Å². The monoisotopic (exact) mass is 569 g/mol. The van der Waals surface area contributed by atoms with Crippen molar-refractivity contribution in [1.82, 2.24) is 0 Å². The van der Waals surface area contributed by atoms with E-state index < -0.39 is 0 Å². The lowest BCUT2D eigenvalue weighted by atomic mass is 10.2. The van der Waals surface area contributed by atoms with Gasteiger partial charge in [0.05, 0.1) is 38.4 Å². The Morgan fingerprint density at radius 3 is 1.04 bits per heavy atom. The van der Waals surface area contributed by atoms with Crippen molar-refractivity contribution in [3.8, 4) is 17.2 Å². The molecule has 0 radical (unpaired) electrons. The molecule has 0 N–H and O–H groups in total. The molecular weight excluding hydrogens is 554 g/mol. The summed E-state index contributed by atoms with van der Waals surface area (Å²) in [6, 6.07) is 17.7. The predicted molar refractivity (Wildman–Crippen MR) is 124 cm³/mol. The molecule has 0 aliphatic heterocycles. The van der Waals surface area contributed by atoms with Gasteiger partial charge in [-0.2, -0.15) is 0 Å². The van der Waals surface area contributed by atoms with Gasteiger partial charge in [0.15, 0.2) is 0 Å². The molecular formula is C21H18Br3NO3. The van der Waals surface area contributed by atoms with Gasteiger partial charge in [0.1, 0.15) is 17.2 Å². The van der Waals surface area contributed by atoms with Crippen LogP contribution in [0.4, 0.5) is 17.1 Å². The molecule has 3 rings (SSSR count). The molecule has 0 saturated carbocycles. The quantitative estimate of drug-likeness (QED) is 0.307. The van der Waals surface area contributed by atoms with Gasteiger partial charge in [0.2, 0.25) is 0 Å². The van der Waals surface area contributed by atoms with Crippen molar-refractivity contribution in [2.45, 2.75) is 0 Å². The van der Waals surface area contributed by atoms with E-state index in [1.165, 1.54) is 0 Å². The van der Waals surface area contributed by atoms with Crippen LogP contribution in [0.5, 0.6) is 17.2 Å². The largest absolute Gasteiger partial charge is 0.497 e. The highest BCUT2D eigenvalue weighted by atomic mass is 79.9. The fraction of sp³-hybridized carbons (Fsp3) is 0.143. The molecule has 4 nitrogen and oxygen atoms in total. The molecule has 146 valence electrons. The number of methoxy groups -OCH3 is 3. The van der Waals surface area contributed by atoms with E-state index in [9.17, 15) is 0 Å². The number of halogens is 3. The Morgan fingerprint density at radius 1 is 0.536 bits per heavy atom. The average Bonchev–Trinajstić information content (AvgIpc) is 2.70. The van der Waals surface area contributed by atoms with Gasteiger partial charge in [-0.05, 0) is 102 Å². The van der Waals surface area contributed by atoms with Crippen LogP contribution in [-0.2, 0) is 0 Å². The van der Waals surface area contributed by atoms with Crippen LogP contribution in [0.1, 0.15) is 0 Å². The summed E-state index contributed by atoms with van der Waals surface area (Å²) in [5.74, 6) is 2.33. The van der Waals surface area contributed by atoms with E-state index in [1.54, 1.807) is 21.3 Å². The second-order valence-electron chi connectivity index (χ2n) is 5.79. The molecule has 0 spiro atoms. The lowest BCUT2D eigenvalue weighted by Crippen LogP contribution is -2.12. The van der Waals surface area contributed by atoms with Crippen LogP contribution >= 0.6 is 47.8 Å². The minimum atomic E-state index is 0.776. The molecule has 0 atom stereocenters. The molecule has 3 aromatic rings. The smallest absolute Gasteiger partial charge is 0.120 e. The molecule has 28 heavy (non-hydrogen) atoms. The minimum Gasteiger partial charge on any atom is -0.497 e. The van der Waals surface area contributed by atoms with Gasteiger partial charge >= 0.3 is 0 Å².